The highest BCUT2D eigenvalue weighted by Gasteiger charge is 2.34. The Morgan fingerprint density at radius 2 is 1.67 bits per heavy atom. The van der Waals surface area contributed by atoms with Gasteiger partial charge in [0.15, 0.2) is 11.5 Å². The van der Waals surface area contributed by atoms with Gasteiger partial charge < -0.3 is 19.1 Å². The summed E-state index contributed by atoms with van der Waals surface area (Å²) in [7, 11) is 3.22. The van der Waals surface area contributed by atoms with Crippen molar-refractivity contribution < 1.29 is 19.0 Å². The van der Waals surface area contributed by atoms with Crippen LogP contribution in [-0.2, 0) is 4.79 Å². The number of benzene rings is 2. The minimum Gasteiger partial charge on any atom is -0.495 e. The lowest BCUT2D eigenvalue weighted by atomic mass is 9.97. The topological polar surface area (TPSA) is 51.2 Å². The van der Waals surface area contributed by atoms with Gasteiger partial charge in [-0.05, 0) is 68.2 Å². The lowest BCUT2D eigenvalue weighted by Gasteiger charge is -2.26. The molecule has 6 nitrogen and oxygen atoms in total. The smallest absolute Gasteiger partial charge is 0.234 e. The highest BCUT2D eigenvalue weighted by molar-refractivity contribution is 6.32. The summed E-state index contributed by atoms with van der Waals surface area (Å²) in [4.78, 5) is 17.5. The average molecular weight is 495 g/mol. The van der Waals surface area contributed by atoms with Crippen LogP contribution in [0.15, 0.2) is 36.4 Å². The molecule has 180 valence electrons. The van der Waals surface area contributed by atoms with Crippen molar-refractivity contribution in [1.29, 1.82) is 0 Å². The molecule has 0 radical (unpaired) electrons. The Kier molecular flexibility index (Phi) is 9.12. The highest BCUT2D eigenvalue weighted by atomic mass is 35.5. The van der Waals surface area contributed by atoms with E-state index in [1.807, 2.05) is 24.3 Å². The molecule has 0 aromatic heterocycles. The molecule has 0 spiro atoms. The van der Waals surface area contributed by atoms with E-state index >= 15 is 0 Å². The summed E-state index contributed by atoms with van der Waals surface area (Å²) >= 11 is 6.27. The second-order valence-corrected chi connectivity index (χ2v) is 8.72. The van der Waals surface area contributed by atoms with Crippen LogP contribution in [0.5, 0.6) is 17.2 Å². The van der Waals surface area contributed by atoms with E-state index in [2.05, 4.69) is 4.90 Å². The third-order valence-corrected chi connectivity index (χ3v) is 6.65. The molecule has 2 fully saturated rings. The van der Waals surface area contributed by atoms with Gasteiger partial charge in [0, 0.05) is 18.8 Å². The van der Waals surface area contributed by atoms with E-state index in [0.29, 0.717) is 35.4 Å². The van der Waals surface area contributed by atoms with Gasteiger partial charge in [0.2, 0.25) is 5.91 Å². The second kappa shape index (κ2) is 11.8. The molecule has 2 aromatic rings. The molecule has 1 amide bonds. The van der Waals surface area contributed by atoms with Gasteiger partial charge in [-0.2, -0.15) is 0 Å². The molecule has 0 saturated carbocycles. The molecule has 0 aliphatic carbocycles. The predicted molar refractivity (Wildman–Crippen MR) is 134 cm³/mol. The third-order valence-electron chi connectivity index (χ3n) is 6.36. The standard InChI is InChI=1S/C25H31ClN2O4.ClH/c1-30-22-9-7-19(17-21(22)26)28-13-10-20(25(28)29)18-6-8-23(31-2)24(16-18)32-15-14-27-11-4-3-5-12-27;/h6-9,16-17,20H,3-5,10-15H2,1-2H3;1H. The molecular weight excluding hydrogens is 463 g/mol. The van der Waals surface area contributed by atoms with E-state index in [0.717, 1.165) is 37.3 Å². The molecule has 8 heteroatoms. The van der Waals surface area contributed by atoms with E-state index in [1.165, 1.54) is 19.3 Å². The zero-order valence-electron chi connectivity index (χ0n) is 19.2. The van der Waals surface area contributed by atoms with Crippen LogP contribution in [-0.4, -0.2) is 57.8 Å². The maximum atomic E-state index is 13.2. The lowest BCUT2D eigenvalue weighted by Crippen LogP contribution is -2.33. The van der Waals surface area contributed by atoms with E-state index in [4.69, 9.17) is 25.8 Å². The molecular formula is C25H32Cl2N2O4. The summed E-state index contributed by atoms with van der Waals surface area (Å²) in [5, 5.41) is 0.495. The monoisotopic (exact) mass is 494 g/mol. The van der Waals surface area contributed by atoms with Crippen molar-refractivity contribution in [1.82, 2.24) is 4.90 Å². The van der Waals surface area contributed by atoms with Crippen LogP contribution in [0.25, 0.3) is 0 Å². The molecule has 1 unspecified atom stereocenters. The molecule has 2 aromatic carbocycles. The molecule has 2 saturated heterocycles. The Morgan fingerprint density at radius 1 is 0.939 bits per heavy atom. The molecule has 2 heterocycles. The Hall–Kier alpha value is -2.15. The number of halogens is 2. The normalized spacial score (nSPS) is 18.7. The zero-order valence-corrected chi connectivity index (χ0v) is 20.8. The van der Waals surface area contributed by atoms with Crippen LogP contribution < -0.4 is 19.1 Å². The van der Waals surface area contributed by atoms with Gasteiger partial charge in [0.05, 0.1) is 25.2 Å². The van der Waals surface area contributed by atoms with Gasteiger partial charge in [-0.1, -0.05) is 24.1 Å². The van der Waals surface area contributed by atoms with Crippen molar-refractivity contribution in [3.63, 3.8) is 0 Å². The average Bonchev–Trinajstić information content (AvgIpc) is 3.21. The number of hydrogen-bond acceptors (Lipinski definition) is 5. The number of carbonyl (C=O) groups is 1. The summed E-state index contributed by atoms with van der Waals surface area (Å²) in [5.74, 6) is 1.83. The number of likely N-dealkylation sites (tertiary alicyclic amines) is 1. The van der Waals surface area contributed by atoms with Gasteiger partial charge in [-0.15, -0.1) is 12.4 Å². The Labute approximate surface area is 207 Å². The summed E-state index contributed by atoms with van der Waals surface area (Å²) in [6.45, 7) is 4.44. The summed E-state index contributed by atoms with van der Waals surface area (Å²) in [6.07, 6.45) is 4.58. The number of methoxy groups -OCH3 is 2. The summed E-state index contributed by atoms with van der Waals surface area (Å²) in [5.41, 5.74) is 1.74. The first-order valence-electron chi connectivity index (χ1n) is 11.3. The first-order chi connectivity index (χ1) is 15.6. The number of nitrogens with zero attached hydrogens (tertiary/aromatic N) is 2. The minimum absolute atomic E-state index is 0. The quantitative estimate of drug-likeness (QED) is 0.506. The largest absolute Gasteiger partial charge is 0.495 e. The number of ether oxygens (including phenoxy) is 3. The van der Waals surface area contributed by atoms with Crippen LogP contribution >= 0.6 is 24.0 Å². The zero-order chi connectivity index (χ0) is 22.5. The fourth-order valence-corrected chi connectivity index (χ4v) is 4.81. The maximum absolute atomic E-state index is 13.2. The minimum atomic E-state index is -0.216. The highest BCUT2D eigenvalue weighted by Crippen LogP contribution is 2.38. The number of carbonyl (C=O) groups excluding carboxylic acids is 1. The second-order valence-electron chi connectivity index (χ2n) is 8.31. The molecule has 33 heavy (non-hydrogen) atoms. The summed E-state index contributed by atoms with van der Waals surface area (Å²) in [6, 6.07) is 11.3. The van der Waals surface area contributed by atoms with E-state index in [9.17, 15) is 4.79 Å². The number of rotatable bonds is 8. The third kappa shape index (κ3) is 5.86. The van der Waals surface area contributed by atoms with Crippen molar-refractivity contribution in [3.8, 4) is 17.2 Å². The Bertz CT molecular complexity index is 950. The fraction of sp³-hybridized carbons (Fsp3) is 0.480. The first-order valence-corrected chi connectivity index (χ1v) is 11.7. The van der Waals surface area contributed by atoms with Crippen LogP contribution in [0.1, 0.15) is 37.2 Å². The lowest BCUT2D eigenvalue weighted by molar-refractivity contribution is -0.118. The first kappa shape index (κ1) is 25.5. The van der Waals surface area contributed by atoms with Crippen LogP contribution in [0.3, 0.4) is 0 Å². The van der Waals surface area contributed by atoms with Crippen molar-refractivity contribution in [2.45, 2.75) is 31.6 Å². The number of amides is 1. The molecule has 2 aliphatic heterocycles. The molecule has 4 rings (SSSR count). The molecule has 2 aliphatic rings. The molecule has 0 N–H and O–H groups in total. The Balaban J connectivity index is 0.00000306. The number of anilines is 1. The van der Waals surface area contributed by atoms with Gasteiger partial charge in [0.1, 0.15) is 12.4 Å². The fourth-order valence-electron chi connectivity index (χ4n) is 4.56. The molecule has 1 atom stereocenters. The summed E-state index contributed by atoms with van der Waals surface area (Å²) < 4.78 is 16.8. The van der Waals surface area contributed by atoms with E-state index in [1.54, 1.807) is 31.3 Å². The van der Waals surface area contributed by atoms with Gasteiger partial charge >= 0.3 is 0 Å². The maximum Gasteiger partial charge on any atom is 0.234 e. The van der Waals surface area contributed by atoms with Gasteiger partial charge in [-0.3, -0.25) is 9.69 Å². The SMILES string of the molecule is COc1ccc(N2CCC(c3ccc(OC)c(OCCN4CCCCC4)c3)C2=O)cc1Cl.Cl. The number of piperidine rings is 1. The van der Waals surface area contributed by atoms with Crippen LogP contribution in [0.2, 0.25) is 5.02 Å². The number of hydrogen-bond donors (Lipinski definition) is 0. The van der Waals surface area contributed by atoms with Crippen LogP contribution in [0.4, 0.5) is 5.69 Å². The van der Waals surface area contributed by atoms with E-state index in [-0.39, 0.29) is 24.2 Å². The van der Waals surface area contributed by atoms with Gasteiger partial charge in [-0.25, -0.2) is 0 Å². The van der Waals surface area contributed by atoms with Crippen molar-refractivity contribution in [2.24, 2.45) is 0 Å². The van der Waals surface area contributed by atoms with Gasteiger partial charge in [0.25, 0.3) is 0 Å². The predicted octanol–water partition coefficient (Wildman–Crippen LogP) is 5.16. The Morgan fingerprint density at radius 3 is 2.36 bits per heavy atom. The van der Waals surface area contributed by atoms with Crippen molar-refractivity contribution in [3.05, 3.63) is 47.0 Å². The van der Waals surface area contributed by atoms with Crippen molar-refractivity contribution >= 4 is 35.6 Å². The molecule has 0 bridgehead atoms. The van der Waals surface area contributed by atoms with Crippen LogP contribution in [0, 0.1) is 0 Å². The van der Waals surface area contributed by atoms with E-state index < -0.39 is 0 Å². The van der Waals surface area contributed by atoms with Crippen molar-refractivity contribution in [2.75, 3.05) is 51.9 Å².